The first-order valence-corrected chi connectivity index (χ1v) is 6.47. The number of rotatable bonds is 7. The zero-order valence-corrected chi connectivity index (χ0v) is 11.4. The number of unbranched alkanes of at least 4 members (excludes halogenated alkanes) is 2. The minimum Gasteiger partial charge on any atom is -0.490 e. The van der Waals surface area contributed by atoms with E-state index in [1.165, 1.54) is 0 Å². The van der Waals surface area contributed by atoms with Crippen molar-refractivity contribution in [1.29, 1.82) is 0 Å². The lowest BCUT2D eigenvalue weighted by atomic mass is 10.2. The Bertz CT molecular complexity index is 379. The third-order valence-corrected chi connectivity index (χ3v) is 2.97. The summed E-state index contributed by atoms with van der Waals surface area (Å²) in [7, 11) is 0. The molecule has 0 aliphatic carbocycles. The highest BCUT2D eigenvalue weighted by molar-refractivity contribution is 6.37. The topological polar surface area (TPSA) is 64.3 Å². The molecule has 0 aromatic heterocycles. The lowest BCUT2D eigenvalue weighted by Crippen LogP contribution is -2.29. The van der Waals surface area contributed by atoms with Crippen molar-refractivity contribution in [2.24, 2.45) is 5.84 Å². The van der Waals surface area contributed by atoms with Crippen LogP contribution in [0.3, 0.4) is 0 Å². The third-order valence-electron chi connectivity index (χ3n) is 2.37. The minimum atomic E-state index is -0.148. The summed E-state index contributed by atoms with van der Waals surface area (Å²) < 4.78 is 5.51. The molecular weight excluding hydrogens is 275 g/mol. The molecule has 1 aromatic rings. The fourth-order valence-corrected chi connectivity index (χ4v) is 1.94. The highest BCUT2D eigenvalue weighted by Crippen LogP contribution is 2.32. The summed E-state index contributed by atoms with van der Waals surface area (Å²) in [5, 5.41) is 1.01. The maximum absolute atomic E-state index is 10.9. The Balaban J connectivity index is 2.20. The number of halogens is 2. The van der Waals surface area contributed by atoms with E-state index in [2.05, 4.69) is 5.43 Å². The number of carbonyl (C=O) groups excluding carboxylic acids is 1. The molecule has 1 amide bonds. The van der Waals surface area contributed by atoms with Crippen molar-refractivity contribution in [3.63, 3.8) is 0 Å². The van der Waals surface area contributed by atoms with Gasteiger partial charge in [0.1, 0.15) is 0 Å². The first kappa shape index (κ1) is 15.1. The van der Waals surface area contributed by atoms with Crippen LogP contribution in [-0.4, -0.2) is 12.5 Å². The van der Waals surface area contributed by atoms with Gasteiger partial charge in [-0.1, -0.05) is 29.3 Å². The third kappa shape index (κ3) is 5.12. The van der Waals surface area contributed by atoms with Gasteiger partial charge in [0.15, 0.2) is 5.75 Å². The molecule has 3 N–H and O–H groups in total. The molecule has 4 nitrogen and oxygen atoms in total. The second kappa shape index (κ2) is 8.19. The molecule has 18 heavy (non-hydrogen) atoms. The van der Waals surface area contributed by atoms with Crippen molar-refractivity contribution in [1.82, 2.24) is 5.43 Å². The van der Waals surface area contributed by atoms with E-state index in [9.17, 15) is 4.79 Å². The number of hydrazine groups is 1. The maximum atomic E-state index is 10.9. The van der Waals surface area contributed by atoms with Gasteiger partial charge in [-0.15, -0.1) is 0 Å². The Labute approximate surface area is 116 Å². The number of carbonyl (C=O) groups is 1. The van der Waals surface area contributed by atoms with E-state index in [1.54, 1.807) is 18.2 Å². The van der Waals surface area contributed by atoms with E-state index in [4.69, 9.17) is 33.8 Å². The van der Waals surface area contributed by atoms with Crippen LogP contribution in [0, 0.1) is 0 Å². The van der Waals surface area contributed by atoms with Crippen molar-refractivity contribution in [3.8, 4) is 5.75 Å². The average molecular weight is 291 g/mol. The molecular formula is C12H16Cl2N2O2. The van der Waals surface area contributed by atoms with Crippen LogP contribution in [0.2, 0.25) is 10.0 Å². The van der Waals surface area contributed by atoms with E-state index in [-0.39, 0.29) is 5.91 Å². The highest BCUT2D eigenvalue weighted by atomic mass is 35.5. The first-order valence-electron chi connectivity index (χ1n) is 5.71. The van der Waals surface area contributed by atoms with Crippen molar-refractivity contribution < 1.29 is 9.53 Å². The van der Waals surface area contributed by atoms with Gasteiger partial charge in [-0.25, -0.2) is 5.84 Å². The fraction of sp³-hybridized carbons (Fsp3) is 0.417. The zero-order valence-electron chi connectivity index (χ0n) is 9.92. The number of nitrogens with two attached hydrogens (primary N) is 1. The molecule has 0 saturated heterocycles. The molecule has 0 atom stereocenters. The Hall–Kier alpha value is -0.970. The molecule has 0 heterocycles. The van der Waals surface area contributed by atoms with E-state index >= 15 is 0 Å². The second-order valence-corrected chi connectivity index (χ2v) is 4.59. The van der Waals surface area contributed by atoms with Gasteiger partial charge in [-0.2, -0.15) is 0 Å². The van der Waals surface area contributed by atoms with E-state index in [0.29, 0.717) is 28.8 Å². The summed E-state index contributed by atoms with van der Waals surface area (Å²) in [5.41, 5.74) is 2.09. The molecule has 100 valence electrons. The molecule has 0 aliphatic heterocycles. The van der Waals surface area contributed by atoms with Crippen LogP contribution in [0.15, 0.2) is 18.2 Å². The standard InChI is InChI=1S/C12H16Cl2N2O2/c13-9-5-4-6-10(14)12(9)18-8-3-1-2-7-11(17)16-15/h4-6H,1-3,7-8,15H2,(H,16,17). The van der Waals surface area contributed by atoms with Gasteiger partial charge in [-0.05, 0) is 31.4 Å². The summed E-state index contributed by atoms with van der Waals surface area (Å²) in [4.78, 5) is 10.9. The second-order valence-electron chi connectivity index (χ2n) is 3.78. The van der Waals surface area contributed by atoms with Crippen molar-refractivity contribution in [3.05, 3.63) is 28.2 Å². The summed E-state index contributed by atoms with van der Waals surface area (Å²) in [6.07, 6.45) is 2.93. The number of ether oxygens (including phenoxy) is 1. The van der Waals surface area contributed by atoms with Gasteiger partial charge in [0, 0.05) is 6.42 Å². The fourth-order valence-electron chi connectivity index (χ4n) is 1.43. The summed E-state index contributed by atoms with van der Waals surface area (Å²) in [6.45, 7) is 0.522. The number of para-hydroxylation sites is 1. The zero-order chi connectivity index (χ0) is 13.4. The van der Waals surface area contributed by atoms with Crippen LogP contribution in [0.4, 0.5) is 0 Å². The average Bonchev–Trinajstić information content (AvgIpc) is 2.36. The lowest BCUT2D eigenvalue weighted by molar-refractivity contribution is -0.121. The molecule has 0 unspecified atom stereocenters. The van der Waals surface area contributed by atoms with Crippen LogP contribution < -0.4 is 16.0 Å². The molecule has 0 bridgehead atoms. The molecule has 0 aliphatic rings. The molecule has 1 aromatic carbocycles. The van der Waals surface area contributed by atoms with Gasteiger partial charge < -0.3 is 4.74 Å². The van der Waals surface area contributed by atoms with Crippen LogP contribution in [0.25, 0.3) is 0 Å². The minimum absolute atomic E-state index is 0.148. The van der Waals surface area contributed by atoms with Gasteiger partial charge in [0.05, 0.1) is 16.7 Å². The number of hydrogen-bond donors (Lipinski definition) is 2. The predicted molar refractivity (Wildman–Crippen MR) is 72.8 cm³/mol. The van der Waals surface area contributed by atoms with Gasteiger partial charge in [-0.3, -0.25) is 10.2 Å². The maximum Gasteiger partial charge on any atom is 0.233 e. The van der Waals surface area contributed by atoms with Gasteiger partial charge >= 0.3 is 0 Å². The Kier molecular flexibility index (Phi) is 6.86. The van der Waals surface area contributed by atoms with Crippen molar-refractivity contribution >= 4 is 29.1 Å². The van der Waals surface area contributed by atoms with E-state index < -0.39 is 0 Å². The normalized spacial score (nSPS) is 10.2. The quantitative estimate of drug-likeness (QED) is 0.351. The van der Waals surface area contributed by atoms with Gasteiger partial charge in [0.2, 0.25) is 5.91 Å². The van der Waals surface area contributed by atoms with Crippen molar-refractivity contribution in [2.45, 2.75) is 25.7 Å². The monoisotopic (exact) mass is 290 g/mol. The van der Waals surface area contributed by atoms with Crippen LogP contribution >= 0.6 is 23.2 Å². The Morgan fingerprint density at radius 2 is 1.89 bits per heavy atom. The number of amides is 1. The Morgan fingerprint density at radius 3 is 2.50 bits per heavy atom. The van der Waals surface area contributed by atoms with Crippen LogP contribution in [0.5, 0.6) is 5.75 Å². The molecule has 0 spiro atoms. The molecule has 0 radical (unpaired) electrons. The molecule has 1 rings (SSSR count). The number of hydrogen-bond acceptors (Lipinski definition) is 3. The van der Waals surface area contributed by atoms with Crippen LogP contribution in [0.1, 0.15) is 25.7 Å². The predicted octanol–water partition coefficient (Wildman–Crippen LogP) is 2.92. The summed E-state index contributed by atoms with van der Waals surface area (Å²) >= 11 is 11.9. The number of nitrogens with one attached hydrogen (secondary N) is 1. The lowest BCUT2D eigenvalue weighted by Gasteiger charge is -2.09. The summed E-state index contributed by atoms with van der Waals surface area (Å²) in [5.74, 6) is 5.33. The molecule has 0 saturated carbocycles. The summed E-state index contributed by atoms with van der Waals surface area (Å²) in [6, 6.07) is 5.23. The van der Waals surface area contributed by atoms with Crippen molar-refractivity contribution in [2.75, 3.05) is 6.61 Å². The highest BCUT2D eigenvalue weighted by Gasteiger charge is 2.06. The number of benzene rings is 1. The van der Waals surface area contributed by atoms with Crippen LogP contribution in [-0.2, 0) is 4.79 Å². The van der Waals surface area contributed by atoms with E-state index in [0.717, 1.165) is 19.3 Å². The smallest absolute Gasteiger partial charge is 0.233 e. The first-order chi connectivity index (χ1) is 8.65. The van der Waals surface area contributed by atoms with E-state index in [1.807, 2.05) is 0 Å². The SMILES string of the molecule is NNC(=O)CCCCCOc1c(Cl)cccc1Cl. The molecule has 6 heteroatoms. The molecule has 0 fully saturated rings. The Morgan fingerprint density at radius 1 is 1.22 bits per heavy atom. The largest absolute Gasteiger partial charge is 0.490 e. The van der Waals surface area contributed by atoms with Gasteiger partial charge in [0.25, 0.3) is 0 Å².